The number of carboxylic acids is 1. The second kappa shape index (κ2) is 38.1. The Hall–Kier alpha value is -3.88. The van der Waals surface area contributed by atoms with Crippen LogP contribution in [-0.2, 0) is 85.5 Å². The molecule has 21 N–H and O–H groups in total. The van der Waals surface area contributed by atoms with Gasteiger partial charge in [-0.3, -0.25) is 9.59 Å². The number of carbonyl (C=O) groups excluding carboxylic acids is 3. The van der Waals surface area contributed by atoms with E-state index in [2.05, 4.69) is 0 Å². The summed E-state index contributed by atoms with van der Waals surface area (Å²) in [6.45, 7) is -3.60. The molecule has 10 rings (SSSR count). The fourth-order valence-corrected chi connectivity index (χ4v) is 15.8. The predicted molar refractivity (Wildman–Crippen MR) is 342 cm³/mol. The van der Waals surface area contributed by atoms with Crippen LogP contribution in [0, 0.1) is 23.7 Å². The normalized spacial score (nSPS) is 47.6. The van der Waals surface area contributed by atoms with E-state index < -0.39 is 290 Å². The van der Waals surface area contributed by atoms with Crippen molar-refractivity contribution in [3.63, 3.8) is 0 Å². The Kier molecular flexibility index (Phi) is 30.4. The van der Waals surface area contributed by atoms with Crippen molar-refractivity contribution in [1.82, 2.24) is 0 Å². The molecule has 0 bridgehead atoms. The van der Waals surface area contributed by atoms with Gasteiger partial charge in [0.2, 0.25) is 0 Å². The summed E-state index contributed by atoms with van der Waals surface area (Å²) in [4.78, 5) is 49.7. The van der Waals surface area contributed by atoms with E-state index in [0.717, 1.165) is 6.08 Å². The standard InChI is InChI=1S/C67H104O39/c1-92-36-14-26(4-11-33(36)98-64-58(89)52(83)47(78)38(20-68)101-64)6-13-45(76)93-22-40-49(80)54(85)57(88)63(103-40)96-29-8-2-25(3-9-29)5-12-44(75)94-23-42-51(82)56(87)62(106-66-60(91)53(84)48(79)39(21-69)102-66)67(105-42)100-37-18-30-34(97-61(37)27-7-10-31(71)32(72)15-27)16-28(70)17-35(30)99-65-59(90)55(86)50(81)41(104-65)24-95-46(77)19-43(73)74/h5-6,12-13,25-42,47-72,78-91H,2-4,7-11,14-24H2,1H3,(H,73,74)/p+1/t25?,26?,27?,28?,29?,30?,31?,32?,33?,34?,35?,36?,37?,38-,39-,40-,41-,42-,47-,48-,49-,50-,51-,52+,53+,54+,55+,56+,57-,58-,59-,60-,61?,62-,63-,64-,65-,66+,67-/m1/s1. The molecule has 6 heterocycles. The molecular formula is C67H105O39+. The zero-order chi connectivity index (χ0) is 76.7. The van der Waals surface area contributed by atoms with E-state index in [4.69, 9.17) is 76.2 Å². The highest BCUT2D eigenvalue weighted by molar-refractivity contribution is 5.90. The molecule has 12 unspecified atom stereocenters. The first-order valence-electron chi connectivity index (χ1n) is 36.1. The molecule has 0 amide bonds. The van der Waals surface area contributed by atoms with Crippen LogP contribution >= 0.6 is 0 Å². The van der Waals surface area contributed by atoms with E-state index in [-0.39, 0.29) is 50.4 Å². The van der Waals surface area contributed by atoms with Crippen molar-refractivity contribution in [3.8, 4) is 0 Å². The van der Waals surface area contributed by atoms with Crippen LogP contribution < -0.4 is 0 Å². The summed E-state index contributed by atoms with van der Waals surface area (Å²) in [6.07, 6.45) is -45.1. The lowest BCUT2D eigenvalue weighted by Gasteiger charge is -2.50. The van der Waals surface area contributed by atoms with Crippen molar-refractivity contribution in [2.45, 2.75) is 304 Å². The predicted octanol–water partition coefficient (Wildman–Crippen LogP) is -9.24. The second-order valence-electron chi connectivity index (χ2n) is 29.3. The molecular weight excluding hydrogens is 1430 g/mol. The first kappa shape index (κ1) is 84.6. The monoisotopic (exact) mass is 1530 g/mol. The Morgan fingerprint density at radius 2 is 0.877 bits per heavy atom. The first-order chi connectivity index (χ1) is 50.4. The van der Waals surface area contributed by atoms with Gasteiger partial charge in [0.25, 0.3) is 0 Å². The number of allylic oxidation sites excluding steroid dienone is 2. The Bertz CT molecular complexity index is 2850. The van der Waals surface area contributed by atoms with Crippen LogP contribution in [0.5, 0.6) is 0 Å². The fraction of sp³-hybridized carbons (Fsp3) is 0.881. The molecule has 39 nitrogen and oxygen atoms in total. The molecule has 606 valence electrons. The van der Waals surface area contributed by atoms with E-state index >= 15 is 0 Å². The largest absolute Gasteiger partial charge is 0.481 e. The zero-order valence-corrected chi connectivity index (χ0v) is 58.0. The third-order valence-corrected chi connectivity index (χ3v) is 22.1. The van der Waals surface area contributed by atoms with E-state index in [1.165, 1.54) is 13.2 Å². The van der Waals surface area contributed by atoms with Gasteiger partial charge in [0.1, 0.15) is 154 Å². The second-order valence-corrected chi connectivity index (χ2v) is 29.3. The van der Waals surface area contributed by atoms with Crippen molar-refractivity contribution in [2.75, 3.05) is 40.1 Å². The molecule has 0 radical (unpaired) electrons. The van der Waals surface area contributed by atoms with E-state index in [9.17, 15) is 116 Å². The zero-order valence-electron chi connectivity index (χ0n) is 58.0. The van der Waals surface area contributed by atoms with Gasteiger partial charge in [-0.05, 0) is 82.5 Å². The molecule has 37 atom stereocenters. The topological polar surface area (TPSA) is 615 Å². The Morgan fingerprint density at radius 1 is 0.415 bits per heavy atom. The number of fused-ring (bicyclic) bond motifs is 1. The average molecular weight is 1530 g/mol. The summed E-state index contributed by atoms with van der Waals surface area (Å²) in [5, 5.41) is 214. The minimum absolute atomic E-state index is 0.0149. The SMILES string of the molecule is COC1CC(C=CC(=O)OC[C@H]2O[C@@H](OC3CCC(C=CC(=O)OC[C@H]4O[C@@H](OC5CC6C(O[C@@H]7O[C@H](COC(=O)CC(=O)O)[C@@H](O)[C@H](O)[C@H]7O)CC(O)CC6[OH+]C5C5CCC(O)C(O)C5)[C@H](O[C@@H]5O[C@H](CO)[C@@H](O)[C@H](O)[C@H]5O)[C@@H](O)[C@@H]4O)CC3)[C@H](O)[C@@H](O)[C@@H]2O)CCC1O[C@@H]1O[C@H](CO)[C@@H](O)[C@H](O)[C@H]1O. The maximum atomic E-state index is 13.5. The fourth-order valence-electron chi connectivity index (χ4n) is 15.8. The molecule has 10 fully saturated rings. The molecule has 0 spiro atoms. The van der Waals surface area contributed by atoms with Crippen LogP contribution in [0.1, 0.15) is 89.9 Å². The maximum absolute atomic E-state index is 13.5. The van der Waals surface area contributed by atoms with Crippen LogP contribution in [0.15, 0.2) is 24.3 Å². The summed E-state index contributed by atoms with van der Waals surface area (Å²) in [7, 11) is 1.44. The molecule has 10 aliphatic rings. The van der Waals surface area contributed by atoms with Gasteiger partial charge >= 0.3 is 23.9 Å². The number of hydrogen-bond donors (Lipinski definition) is 20. The Labute approximate surface area is 607 Å². The lowest BCUT2D eigenvalue weighted by molar-refractivity contribution is -0.390. The molecule has 6 saturated heterocycles. The summed E-state index contributed by atoms with van der Waals surface area (Å²) in [5.74, 6) is -6.26. The van der Waals surface area contributed by atoms with Gasteiger partial charge in [0, 0.05) is 38.0 Å². The third kappa shape index (κ3) is 20.5. The number of methoxy groups -OCH3 is 1. The number of carboxylic acid groups (broad SMARTS) is 1. The Morgan fingerprint density at radius 3 is 1.41 bits per heavy atom. The molecule has 0 aromatic carbocycles. The summed E-state index contributed by atoms with van der Waals surface area (Å²) < 4.78 is 86.9. The number of aliphatic hydroxyl groups excluding tert-OH is 19. The molecule has 4 saturated carbocycles. The summed E-state index contributed by atoms with van der Waals surface area (Å²) >= 11 is 0. The van der Waals surface area contributed by atoms with Crippen LogP contribution in [0.25, 0.3) is 0 Å². The van der Waals surface area contributed by atoms with Gasteiger partial charge in [-0.25, -0.2) is 9.59 Å². The molecule has 0 aromatic heterocycles. The molecule has 39 heteroatoms. The summed E-state index contributed by atoms with van der Waals surface area (Å²) in [5.41, 5.74) is 0. The van der Waals surface area contributed by atoms with Gasteiger partial charge in [0.15, 0.2) is 43.7 Å². The number of hydrogen-bond acceptors (Lipinski definition) is 37. The number of ether oxygens (including phenoxy) is 15. The third-order valence-electron chi connectivity index (χ3n) is 22.1. The van der Waals surface area contributed by atoms with E-state index in [1.807, 2.05) is 0 Å². The first-order valence-corrected chi connectivity index (χ1v) is 36.1. The molecule has 0 aromatic rings. The van der Waals surface area contributed by atoms with Crippen molar-refractivity contribution in [3.05, 3.63) is 24.3 Å². The van der Waals surface area contributed by atoms with Gasteiger partial charge in [-0.1, -0.05) is 12.2 Å². The molecule has 106 heavy (non-hydrogen) atoms. The highest BCUT2D eigenvalue weighted by Gasteiger charge is 2.59. The van der Waals surface area contributed by atoms with Crippen LogP contribution in [0.2, 0.25) is 0 Å². The van der Waals surface area contributed by atoms with Crippen molar-refractivity contribution >= 4 is 23.9 Å². The minimum atomic E-state index is -2.08. The number of rotatable bonds is 26. The summed E-state index contributed by atoms with van der Waals surface area (Å²) in [6, 6.07) is 0. The smallest absolute Gasteiger partial charge is 0.330 e. The van der Waals surface area contributed by atoms with Gasteiger partial charge in [0.05, 0.1) is 61.9 Å². The van der Waals surface area contributed by atoms with Crippen LogP contribution in [0.4, 0.5) is 0 Å². The van der Waals surface area contributed by atoms with Gasteiger partial charge < -0.3 is 173 Å². The minimum Gasteiger partial charge on any atom is -0.481 e. The van der Waals surface area contributed by atoms with Crippen LogP contribution in [0.3, 0.4) is 0 Å². The quantitative estimate of drug-likeness (QED) is 0.0126. The highest BCUT2D eigenvalue weighted by atomic mass is 16.8. The number of aliphatic hydroxyl groups is 21. The average Bonchev–Trinajstić information content (AvgIpc) is 0.761. The van der Waals surface area contributed by atoms with Gasteiger partial charge in [-0.15, -0.1) is 0 Å². The van der Waals surface area contributed by atoms with E-state index in [1.54, 1.807) is 12.2 Å². The van der Waals surface area contributed by atoms with Crippen LogP contribution in [-0.4, -0.2) is 385 Å². The van der Waals surface area contributed by atoms with Crippen molar-refractivity contribution in [2.24, 2.45) is 23.7 Å². The lowest BCUT2D eigenvalue weighted by atomic mass is 9.72. The number of carbonyl (C=O) groups is 4. The molecule has 6 aliphatic heterocycles. The maximum Gasteiger partial charge on any atom is 0.330 e. The Balaban J connectivity index is 0.750. The van der Waals surface area contributed by atoms with Crippen molar-refractivity contribution < 1.29 is 192 Å². The number of esters is 3. The highest BCUT2D eigenvalue weighted by Crippen LogP contribution is 2.45. The van der Waals surface area contributed by atoms with Crippen molar-refractivity contribution in [1.29, 1.82) is 0 Å². The van der Waals surface area contributed by atoms with E-state index in [0.29, 0.717) is 44.9 Å². The molecule has 4 aliphatic carbocycles. The number of aliphatic carboxylic acids is 1. The van der Waals surface area contributed by atoms with Gasteiger partial charge in [-0.2, -0.15) is 0 Å². The lowest BCUT2D eigenvalue weighted by Crippen LogP contribution is -2.66.